The van der Waals surface area contributed by atoms with E-state index in [1.807, 2.05) is 0 Å². The molecule has 3 aliphatic rings. The van der Waals surface area contributed by atoms with Crippen LogP contribution in [0.1, 0.15) is 46.3 Å². The fourth-order valence-electron chi connectivity index (χ4n) is 8.57. The Morgan fingerprint density at radius 3 is 1.82 bits per heavy atom. The molecule has 3 unspecified atom stereocenters. The van der Waals surface area contributed by atoms with Crippen molar-refractivity contribution in [1.82, 2.24) is 5.32 Å². The maximum absolute atomic E-state index is 3.87. The minimum Gasteiger partial charge on any atom is -0.374 e. The van der Waals surface area contributed by atoms with Gasteiger partial charge in [-0.1, -0.05) is 176 Å². The monoisotopic (exact) mass is 718 g/mol. The molecule has 0 spiro atoms. The van der Waals surface area contributed by atoms with Crippen molar-refractivity contribution in [3.8, 4) is 22.3 Å². The molecule has 2 heterocycles. The van der Waals surface area contributed by atoms with Crippen LogP contribution >= 0.6 is 0 Å². The first-order chi connectivity index (χ1) is 27.7. The zero-order chi connectivity index (χ0) is 37.3. The molecule has 2 N–H and O–H groups in total. The first kappa shape index (κ1) is 33.7. The minimum absolute atomic E-state index is 0.0360. The Hall–Kier alpha value is -6.90. The summed E-state index contributed by atoms with van der Waals surface area (Å²) in [6.45, 7) is 0. The van der Waals surface area contributed by atoms with Gasteiger partial charge in [-0.3, -0.25) is 0 Å². The highest BCUT2D eigenvalue weighted by Crippen LogP contribution is 2.45. The van der Waals surface area contributed by atoms with Gasteiger partial charge in [0.2, 0.25) is 0 Å². The lowest BCUT2D eigenvalue weighted by Gasteiger charge is -2.31. The highest BCUT2D eigenvalue weighted by molar-refractivity contribution is 6.03. The second-order valence-electron chi connectivity index (χ2n) is 15.0. The highest BCUT2D eigenvalue weighted by Gasteiger charge is 2.26. The Kier molecular flexibility index (Phi) is 8.85. The number of dihydropyridines is 1. The largest absolute Gasteiger partial charge is 0.374 e. The van der Waals surface area contributed by atoms with Gasteiger partial charge in [0.05, 0.1) is 12.1 Å². The molecular weight excluding hydrogens is 677 g/mol. The lowest BCUT2D eigenvalue weighted by atomic mass is 9.80. The van der Waals surface area contributed by atoms with Crippen LogP contribution in [0, 0.1) is 5.92 Å². The Morgan fingerprint density at radius 2 is 1.09 bits per heavy atom. The topological polar surface area (TPSA) is 24.1 Å². The first-order valence-corrected chi connectivity index (χ1v) is 19.7. The molecule has 10 rings (SSSR count). The summed E-state index contributed by atoms with van der Waals surface area (Å²) >= 11 is 0. The number of hydrogen-bond donors (Lipinski definition) is 2. The van der Waals surface area contributed by atoms with Crippen molar-refractivity contribution in [2.45, 2.75) is 18.5 Å². The molecule has 1 aliphatic carbocycles. The molecule has 7 aromatic rings. The van der Waals surface area contributed by atoms with Gasteiger partial charge in [-0.25, -0.2) is 0 Å². The van der Waals surface area contributed by atoms with Crippen molar-refractivity contribution in [3.63, 3.8) is 0 Å². The van der Waals surface area contributed by atoms with Crippen molar-refractivity contribution in [1.29, 1.82) is 0 Å². The lowest BCUT2D eigenvalue weighted by molar-refractivity contribution is 0.767. The lowest BCUT2D eigenvalue weighted by Crippen LogP contribution is -2.21. The smallest absolute Gasteiger partial charge is 0.0707 e. The molecule has 2 heteroatoms. The Labute approximate surface area is 329 Å². The van der Waals surface area contributed by atoms with E-state index in [0.29, 0.717) is 5.92 Å². The van der Waals surface area contributed by atoms with Gasteiger partial charge in [0.25, 0.3) is 0 Å². The van der Waals surface area contributed by atoms with Gasteiger partial charge in [-0.05, 0) is 109 Å². The van der Waals surface area contributed by atoms with Crippen LogP contribution in [0.5, 0.6) is 0 Å². The van der Waals surface area contributed by atoms with Crippen LogP contribution in [0.3, 0.4) is 0 Å². The molecule has 0 saturated heterocycles. The summed E-state index contributed by atoms with van der Waals surface area (Å²) in [5, 5.41) is 10.3. The van der Waals surface area contributed by atoms with Gasteiger partial charge >= 0.3 is 0 Å². The molecule has 0 bridgehead atoms. The van der Waals surface area contributed by atoms with E-state index in [9.17, 15) is 0 Å². The van der Waals surface area contributed by atoms with E-state index < -0.39 is 0 Å². The van der Waals surface area contributed by atoms with Crippen LogP contribution in [0.15, 0.2) is 212 Å². The van der Waals surface area contributed by atoms with E-state index in [4.69, 9.17) is 0 Å². The number of anilines is 1. The van der Waals surface area contributed by atoms with Gasteiger partial charge in [0, 0.05) is 22.9 Å². The molecule has 2 nitrogen and oxygen atoms in total. The van der Waals surface area contributed by atoms with Crippen molar-refractivity contribution >= 4 is 33.3 Å². The fourth-order valence-corrected chi connectivity index (χ4v) is 8.57. The van der Waals surface area contributed by atoms with E-state index in [0.717, 1.165) is 12.1 Å². The van der Waals surface area contributed by atoms with Crippen LogP contribution in [0.2, 0.25) is 0 Å². The van der Waals surface area contributed by atoms with Crippen LogP contribution in [-0.4, -0.2) is 0 Å². The fraction of sp³-hybridized carbons (Fsp3) is 0.0741. The first-order valence-electron chi connectivity index (χ1n) is 19.7. The summed E-state index contributed by atoms with van der Waals surface area (Å²) in [6, 6.07) is 61.8. The summed E-state index contributed by atoms with van der Waals surface area (Å²) < 4.78 is 0. The number of nitrogens with one attached hydrogen (secondary N) is 2. The zero-order valence-corrected chi connectivity index (χ0v) is 31.1. The number of rotatable bonds is 7. The van der Waals surface area contributed by atoms with E-state index in [-0.39, 0.29) is 12.1 Å². The molecule has 0 fully saturated rings. The summed E-state index contributed by atoms with van der Waals surface area (Å²) in [5.41, 5.74) is 16.0. The predicted molar refractivity (Wildman–Crippen MR) is 237 cm³/mol. The van der Waals surface area contributed by atoms with Gasteiger partial charge in [-0.15, -0.1) is 0 Å². The van der Waals surface area contributed by atoms with Gasteiger partial charge < -0.3 is 10.6 Å². The van der Waals surface area contributed by atoms with Crippen molar-refractivity contribution in [2.75, 3.05) is 5.32 Å². The van der Waals surface area contributed by atoms with Crippen LogP contribution < -0.4 is 10.6 Å². The normalized spacial score (nSPS) is 18.6. The third kappa shape index (κ3) is 6.61. The molecule has 3 atom stereocenters. The molecule has 7 aromatic carbocycles. The minimum atomic E-state index is 0.0360. The summed E-state index contributed by atoms with van der Waals surface area (Å²) in [4.78, 5) is 0. The number of fused-ring (bicyclic) bond motifs is 3. The molecule has 2 aliphatic heterocycles. The van der Waals surface area contributed by atoms with Gasteiger partial charge in [0.1, 0.15) is 0 Å². The molecule has 56 heavy (non-hydrogen) atoms. The summed E-state index contributed by atoms with van der Waals surface area (Å²) in [5.74, 6) is 0.339. The third-order valence-corrected chi connectivity index (χ3v) is 11.4. The standard InChI is InChI=1S/C54H42N2/c1-5-15-37(16-6-1)41-23-14-26-46(33-41)52-35-47(34-51(56-52)39-19-9-3-10-20-39)43-25-13-24-42(31-43)44-27-29-48-45(32-44)28-30-50-54(48)49(38-17-7-2-8-18-38)36-53(55-50)40-21-11-4-12-22-40/h1-17,19-36,38,51,53,55-56H,18H2. The average molecular weight is 719 g/mol. The Morgan fingerprint density at radius 1 is 0.464 bits per heavy atom. The number of allylic oxidation sites excluding steroid dienone is 7. The molecule has 0 amide bonds. The maximum atomic E-state index is 3.87. The van der Waals surface area contributed by atoms with Crippen molar-refractivity contribution < 1.29 is 0 Å². The number of benzene rings is 7. The van der Waals surface area contributed by atoms with Crippen molar-refractivity contribution in [3.05, 3.63) is 240 Å². The number of hydrogen-bond acceptors (Lipinski definition) is 2. The predicted octanol–water partition coefficient (Wildman–Crippen LogP) is 13.6. The molecule has 0 saturated carbocycles. The molecule has 0 aromatic heterocycles. The van der Waals surface area contributed by atoms with Gasteiger partial charge in [-0.2, -0.15) is 0 Å². The Bertz CT molecular complexity index is 2720. The quantitative estimate of drug-likeness (QED) is 0.171. The van der Waals surface area contributed by atoms with E-state index in [1.165, 1.54) is 77.7 Å². The zero-order valence-electron chi connectivity index (χ0n) is 31.1. The summed E-state index contributed by atoms with van der Waals surface area (Å²) in [7, 11) is 0. The maximum Gasteiger partial charge on any atom is 0.0707 e. The van der Waals surface area contributed by atoms with Crippen LogP contribution in [0.4, 0.5) is 5.69 Å². The summed E-state index contributed by atoms with van der Waals surface area (Å²) in [6.07, 6.45) is 17.2. The van der Waals surface area contributed by atoms with Gasteiger partial charge in [0.15, 0.2) is 0 Å². The van der Waals surface area contributed by atoms with E-state index in [1.54, 1.807) is 0 Å². The average Bonchev–Trinajstić information content (AvgIpc) is 3.29. The third-order valence-electron chi connectivity index (χ3n) is 11.4. The highest BCUT2D eigenvalue weighted by atomic mass is 14.9. The molecule has 268 valence electrons. The van der Waals surface area contributed by atoms with E-state index in [2.05, 4.69) is 223 Å². The van der Waals surface area contributed by atoms with Crippen LogP contribution in [0.25, 0.3) is 49.9 Å². The second kappa shape index (κ2) is 14.7. The molecular formula is C54H42N2. The van der Waals surface area contributed by atoms with Crippen molar-refractivity contribution in [2.24, 2.45) is 5.92 Å². The van der Waals surface area contributed by atoms with Crippen LogP contribution in [-0.2, 0) is 0 Å². The second-order valence-corrected chi connectivity index (χ2v) is 15.0. The Balaban J connectivity index is 1.02. The van der Waals surface area contributed by atoms with E-state index >= 15 is 0 Å². The SMILES string of the molecule is C1=CCC(C2=CC(c3ccccc3)Nc3ccc4cc(-c5cccc(C6=CC(c7ccccc7)NC(c7cccc(-c8ccccc8)c7)=C6)c5)ccc4c32)C=C1. The molecule has 0 radical (unpaired) electrons.